The average molecular weight is 589 g/mol. The molecular formula is C25H23F3N8O6. The molecule has 2 aromatic heterocycles. The summed E-state index contributed by atoms with van der Waals surface area (Å²) in [6.45, 7) is -1.35. The van der Waals surface area contributed by atoms with Crippen molar-refractivity contribution < 1.29 is 42.9 Å². The van der Waals surface area contributed by atoms with Crippen LogP contribution in [0.15, 0.2) is 55.1 Å². The molecule has 220 valence electrons. The Bertz CT molecular complexity index is 1610. The molecule has 0 aliphatic heterocycles. The molecule has 4 aromatic rings. The van der Waals surface area contributed by atoms with Gasteiger partial charge in [0.2, 0.25) is 0 Å². The van der Waals surface area contributed by atoms with Gasteiger partial charge in [0.15, 0.2) is 5.65 Å². The van der Waals surface area contributed by atoms with E-state index in [0.717, 1.165) is 6.07 Å². The van der Waals surface area contributed by atoms with Crippen molar-refractivity contribution in [3.8, 4) is 5.69 Å². The molecule has 0 aliphatic rings. The number of aliphatic hydroxyl groups is 2. The predicted octanol–water partition coefficient (Wildman–Crippen LogP) is 2.33. The second kappa shape index (κ2) is 12.5. The highest BCUT2D eigenvalue weighted by molar-refractivity contribution is 6.01. The summed E-state index contributed by atoms with van der Waals surface area (Å²) in [5.74, 6) is -0.990. The highest BCUT2D eigenvalue weighted by atomic mass is 19.4. The lowest BCUT2D eigenvalue weighted by molar-refractivity contribution is -0.137. The summed E-state index contributed by atoms with van der Waals surface area (Å²) < 4.78 is 42.0. The lowest BCUT2D eigenvalue weighted by Gasteiger charge is -2.16. The fraction of sp³-hybridized carbons (Fsp3) is 0.200. The van der Waals surface area contributed by atoms with Crippen LogP contribution in [-0.4, -0.2) is 72.1 Å². The smallest absolute Gasteiger partial charge is 0.416 e. The van der Waals surface area contributed by atoms with Crippen molar-refractivity contribution in [3.63, 3.8) is 0 Å². The number of rotatable bonds is 9. The zero-order valence-corrected chi connectivity index (χ0v) is 21.4. The lowest BCUT2D eigenvalue weighted by atomic mass is 10.1. The Kier molecular flexibility index (Phi) is 8.82. The van der Waals surface area contributed by atoms with Gasteiger partial charge < -0.3 is 36.6 Å². The number of nitrogens with one attached hydrogen (secondary N) is 4. The van der Waals surface area contributed by atoms with Crippen molar-refractivity contribution in [3.05, 3.63) is 71.9 Å². The van der Waals surface area contributed by atoms with E-state index in [2.05, 4.69) is 36.2 Å². The summed E-state index contributed by atoms with van der Waals surface area (Å²) >= 11 is 0. The molecule has 42 heavy (non-hydrogen) atoms. The standard InChI is InChI=1S/C25H23F3N8O6/c26-25(27,28)14-5-13(22(39)33-17(9-37)10-38)6-16(7-14)35-23(40)34-15-1-3-18(4-2-15)36-12-32-20-19(8-29-24(41)42)30-11-31-21(20)36/h1-7,11-12,17,29,37-38H,8-10H2,(H,33,39)(H,41,42)(H2,34,35,40). The minimum atomic E-state index is -4.83. The third kappa shape index (κ3) is 7.07. The van der Waals surface area contributed by atoms with Crippen LogP contribution in [0.2, 0.25) is 0 Å². The number of hydrogen-bond donors (Lipinski definition) is 7. The Hall–Kier alpha value is -5.29. The summed E-state index contributed by atoms with van der Waals surface area (Å²) in [7, 11) is 0. The van der Waals surface area contributed by atoms with E-state index < -0.39 is 54.6 Å². The van der Waals surface area contributed by atoms with E-state index in [1.165, 1.54) is 24.8 Å². The monoisotopic (exact) mass is 588 g/mol. The molecule has 4 amide bonds. The predicted molar refractivity (Wildman–Crippen MR) is 141 cm³/mol. The van der Waals surface area contributed by atoms with E-state index >= 15 is 0 Å². The molecular weight excluding hydrogens is 565 g/mol. The Morgan fingerprint density at radius 1 is 0.929 bits per heavy atom. The second-order valence-electron chi connectivity index (χ2n) is 8.72. The van der Waals surface area contributed by atoms with E-state index in [9.17, 15) is 27.6 Å². The summed E-state index contributed by atoms with van der Waals surface area (Å²) in [4.78, 5) is 48.3. The highest BCUT2D eigenvalue weighted by Gasteiger charge is 2.32. The number of aliphatic hydroxyl groups excluding tert-OH is 2. The number of hydrogen-bond acceptors (Lipinski definition) is 8. The quantitative estimate of drug-likeness (QED) is 0.153. The largest absolute Gasteiger partial charge is 0.465 e. The van der Waals surface area contributed by atoms with Gasteiger partial charge in [0.1, 0.15) is 18.2 Å². The zero-order valence-electron chi connectivity index (χ0n) is 21.4. The number of anilines is 2. The molecule has 14 nitrogen and oxygen atoms in total. The van der Waals surface area contributed by atoms with Crippen LogP contribution in [0.5, 0.6) is 0 Å². The molecule has 2 heterocycles. The minimum absolute atomic E-state index is 0.0762. The average Bonchev–Trinajstić information content (AvgIpc) is 3.39. The van der Waals surface area contributed by atoms with Gasteiger partial charge in [0.05, 0.1) is 37.1 Å². The molecule has 0 fully saturated rings. The molecule has 4 rings (SSSR count). The van der Waals surface area contributed by atoms with Crippen molar-refractivity contribution in [2.45, 2.75) is 18.8 Å². The Labute approximate surface area is 234 Å². The molecule has 17 heteroatoms. The van der Waals surface area contributed by atoms with E-state index in [-0.39, 0.29) is 17.9 Å². The number of benzene rings is 2. The van der Waals surface area contributed by atoms with Crippen LogP contribution < -0.4 is 21.3 Å². The van der Waals surface area contributed by atoms with E-state index in [4.69, 9.17) is 15.3 Å². The molecule has 2 aromatic carbocycles. The number of halogens is 3. The normalized spacial score (nSPS) is 11.4. The molecule has 7 N–H and O–H groups in total. The third-order valence-electron chi connectivity index (χ3n) is 5.78. The summed E-state index contributed by atoms with van der Waals surface area (Å²) in [6.07, 6.45) is -3.33. The SMILES string of the molecule is O=C(O)NCc1ncnc2c1ncn2-c1ccc(NC(=O)Nc2cc(C(=O)NC(CO)CO)cc(C(F)(F)F)c2)cc1. The topological polar surface area (TPSA) is 204 Å². The summed E-state index contributed by atoms with van der Waals surface area (Å²) in [5.41, 5.74) is 0.0355. The van der Waals surface area contributed by atoms with Crippen molar-refractivity contribution >= 4 is 40.6 Å². The molecule has 0 aliphatic carbocycles. The first-order valence-electron chi connectivity index (χ1n) is 12.1. The van der Waals surface area contributed by atoms with Crippen LogP contribution in [0.3, 0.4) is 0 Å². The van der Waals surface area contributed by atoms with Gasteiger partial charge in [0, 0.05) is 22.6 Å². The van der Waals surface area contributed by atoms with Gasteiger partial charge in [-0.25, -0.2) is 24.5 Å². The summed E-state index contributed by atoms with van der Waals surface area (Å²) in [5, 5.41) is 36.3. The van der Waals surface area contributed by atoms with Gasteiger partial charge in [0.25, 0.3) is 5.91 Å². The maximum absolute atomic E-state index is 13.5. The zero-order chi connectivity index (χ0) is 30.4. The highest BCUT2D eigenvalue weighted by Crippen LogP contribution is 2.32. The maximum Gasteiger partial charge on any atom is 0.416 e. The van der Waals surface area contributed by atoms with Crippen molar-refractivity contribution in [1.29, 1.82) is 0 Å². The number of fused-ring (bicyclic) bond motifs is 1. The maximum atomic E-state index is 13.5. The third-order valence-corrected chi connectivity index (χ3v) is 5.78. The Balaban J connectivity index is 1.49. The first kappa shape index (κ1) is 29.7. The van der Waals surface area contributed by atoms with Crippen LogP contribution in [0.25, 0.3) is 16.9 Å². The molecule has 0 unspecified atom stereocenters. The van der Waals surface area contributed by atoms with Crippen LogP contribution in [0.4, 0.5) is 34.1 Å². The van der Waals surface area contributed by atoms with E-state index in [0.29, 0.717) is 34.7 Å². The molecule has 0 spiro atoms. The summed E-state index contributed by atoms with van der Waals surface area (Å²) in [6, 6.07) is 6.53. The molecule has 0 atom stereocenters. The van der Waals surface area contributed by atoms with Crippen LogP contribution in [0, 0.1) is 0 Å². The first-order chi connectivity index (χ1) is 20.0. The number of urea groups is 1. The molecule has 0 saturated carbocycles. The number of aromatic nitrogens is 4. The van der Waals surface area contributed by atoms with Gasteiger partial charge in [-0.2, -0.15) is 13.2 Å². The Morgan fingerprint density at radius 3 is 2.26 bits per heavy atom. The van der Waals surface area contributed by atoms with E-state index in [1.807, 2.05) is 0 Å². The number of alkyl halides is 3. The molecule has 0 radical (unpaired) electrons. The minimum Gasteiger partial charge on any atom is -0.465 e. The Morgan fingerprint density at radius 2 is 1.62 bits per heavy atom. The number of amides is 4. The molecule has 0 bridgehead atoms. The number of carboxylic acid groups (broad SMARTS) is 1. The van der Waals surface area contributed by atoms with Gasteiger partial charge in [-0.05, 0) is 42.5 Å². The van der Waals surface area contributed by atoms with Crippen LogP contribution in [0.1, 0.15) is 21.6 Å². The number of imidazole rings is 1. The lowest BCUT2D eigenvalue weighted by Crippen LogP contribution is -2.40. The fourth-order valence-corrected chi connectivity index (χ4v) is 3.77. The molecule has 0 saturated heterocycles. The van der Waals surface area contributed by atoms with E-state index in [1.54, 1.807) is 16.7 Å². The fourth-order valence-electron chi connectivity index (χ4n) is 3.77. The van der Waals surface area contributed by atoms with Gasteiger partial charge >= 0.3 is 18.3 Å². The van der Waals surface area contributed by atoms with Gasteiger partial charge in [-0.1, -0.05) is 0 Å². The van der Waals surface area contributed by atoms with Gasteiger partial charge in [-0.3, -0.25) is 9.36 Å². The second-order valence-corrected chi connectivity index (χ2v) is 8.72. The number of carbonyl (C=O) groups is 3. The van der Waals surface area contributed by atoms with Crippen molar-refractivity contribution in [2.75, 3.05) is 23.8 Å². The number of carbonyl (C=O) groups excluding carboxylic acids is 2. The first-order valence-corrected chi connectivity index (χ1v) is 12.1. The van der Waals surface area contributed by atoms with Crippen LogP contribution >= 0.6 is 0 Å². The van der Waals surface area contributed by atoms with Gasteiger partial charge in [-0.15, -0.1) is 0 Å². The van der Waals surface area contributed by atoms with Crippen LogP contribution in [-0.2, 0) is 12.7 Å². The van der Waals surface area contributed by atoms with Crippen molar-refractivity contribution in [1.82, 2.24) is 30.2 Å². The number of nitrogens with zero attached hydrogens (tertiary/aromatic N) is 4. The van der Waals surface area contributed by atoms with Crippen molar-refractivity contribution in [2.24, 2.45) is 0 Å².